The van der Waals surface area contributed by atoms with Gasteiger partial charge in [0.15, 0.2) is 5.78 Å². The van der Waals surface area contributed by atoms with Gasteiger partial charge in [-0.2, -0.15) is 0 Å². The van der Waals surface area contributed by atoms with Gasteiger partial charge in [-0.3, -0.25) is 4.79 Å². The van der Waals surface area contributed by atoms with Crippen molar-refractivity contribution in [1.82, 2.24) is 0 Å². The fourth-order valence-electron chi connectivity index (χ4n) is 1.28. The molecular formula is C12H14O2. The van der Waals surface area contributed by atoms with Gasteiger partial charge in [0.25, 0.3) is 0 Å². The van der Waals surface area contributed by atoms with Crippen LogP contribution in [-0.2, 0) is 0 Å². The summed E-state index contributed by atoms with van der Waals surface area (Å²) in [5.74, 6) is 1.73. The molecule has 0 bridgehead atoms. The quantitative estimate of drug-likeness (QED) is 0.682. The Kier molecular flexibility index (Phi) is 2.53. The minimum absolute atomic E-state index is 0.0961. The molecule has 0 saturated heterocycles. The molecule has 1 saturated carbocycles. The van der Waals surface area contributed by atoms with Gasteiger partial charge in [-0.25, -0.2) is 0 Å². The zero-order chi connectivity index (χ0) is 9.97. The Labute approximate surface area is 83.9 Å². The first-order chi connectivity index (χ1) is 6.75. The molecule has 0 spiro atoms. The summed E-state index contributed by atoms with van der Waals surface area (Å²) in [4.78, 5) is 11.0. The number of ketones is 1. The van der Waals surface area contributed by atoms with E-state index in [-0.39, 0.29) is 5.78 Å². The second-order valence-corrected chi connectivity index (χ2v) is 3.83. The van der Waals surface area contributed by atoms with Crippen molar-refractivity contribution in [3.63, 3.8) is 0 Å². The second kappa shape index (κ2) is 3.82. The standard InChI is InChI=1S/C12H14O2/c1-9(13)11-4-6-12(7-5-11)14-8-10-2-3-10/h4-7,10H,2-3,8H2,1H3. The average molecular weight is 190 g/mol. The summed E-state index contributed by atoms with van der Waals surface area (Å²) < 4.78 is 5.55. The van der Waals surface area contributed by atoms with Crippen molar-refractivity contribution < 1.29 is 9.53 Å². The third kappa shape index (κ3) is 2.34. The number of ether oxygens (including phenoxy) is 1. The molecule has 0 radical (unpaired) electrons. The lowest BCUT2D eigenvalue weighted by molar-refractivity contribution is 0.101. The van der Waals surface area contributed by atoms with Crippen molar-refractivity contribution in [1.29, 1.82) is 0 Å². The lowest BCUT2D eigenvalue weighted by atomic mass is 10.1. The van der Waals surface area contributed by atoms with Crippen molar-refractivity contribution >= 4 is 5.78 Å². The van der Waals surface area contributed by atoms with Crippen LogP contribution in [-0.4, -0.2) is 12.4 Å². The maximum Gasteiger partial charge on any atom is 0.159 e. The molecule has 0 aliphatic heterocycles. The largest absolute Gasteiger partial charge is 0.493 e. The Morgan fingerprint density at radius 3 is 2.50 bits per heavy atom. The molecule has 0 aromatic heterocycles. The van der Waals surface area contributed by atoms with E-state index in [9.17, 15) is 4.79 Å². The maximum absolute atomic E-state index is 11.0. The Morgan fingerprint density at radius 2 is 2.00 bits per heavy atom. The monoisotopic (exact) mass is 190 g/mol. The number of rotatable bonds is 4. The van der Waals surface area contributed by atoms with Gasteiger partial charge in [0.1, 0.15) is 5.75 Å². The summed E-state index contributed by atoms with van der Waals surface area (Å²) in [7, 11) is 0. The fraction of sp³-hybridized carbons (Fsp3) is 0.417. The first-order valence-electron chi connectivity index (χ1n) is 4.99. The molecule has 0 N–H and O–H groups in total. The van der Waals surface area contributed by atoms with Gasteiger partial charge in [0.2, 0.25) is 0 Å². The molecular weight excluding hydrogens is 176 g/mol. The van der Waals surface area contributed by atoms with E-state index >= 15 is 0 Å². The van der Waals surface area contributed by atoms with Crippen LogP contribution in [0, 0.1) is 5.92 Å². The number of carbonyl (C=O) groups is 1. The van der Waals surface area contributed by atoms with Crippen molar-refractivity contribution in [2.24, 2.45) is 5.92 Å². The van der Waals surface area contributed by atoms with Crippen LogP contribution in [0.3, 0.4) is 0 Å². The molecule has 0 amide bonds. The molecule has 0 heterocycles. The summed E-state index contributed by atoms with van der Waals surface area (Å²) in [5.41, 5.74) is 0.740. The van der Waals surface area contributed by atoms with Gasteiger partial charge in [-0.05, 0) is 49.9 Å². The van der Waals surface area contributed by atoms with E-state index in [2.05, 4.69) is 0 Å². The predicted molar refractivity (Wildman–Crippen MR) is 54.7 cm³/mol. The van der Waals surface area contributed by atoms with Crippen LogP contribution in [0.25, 0.3) is 0 Å². The SMILES string of the molecule is CC(=O)c1ccc(OCC2CC2)cc1. The van der Waals surface area contributed by atoms with Gasteiger partial charge in [0.05, 0.1) is 6.61 Å². The zero-order valence-corrected chi connectivity index (χ0v) is 8.32. The molecule has 1 aromatic rings. The highest BCUT2D eigenvalue weighted by Crippen LogP contribution is 2.29. The minimum Gasteiger partial charge on any atom is -0.493 e. The Balaban J connectivity index is 1.94. The molecule has 1 aromatic carbocycles. The lowest BCUT2D eigenvalue weighted by Gasteiger charge is -2.04. The van der Waals surface area contributed by atoms with Crippen LogP contribution < -0.4 is 4.74 Å². The number of hydrogen-bond acceptors (Lipinski definition) is 2. The van der Waals surface area contributed by atoms with E-state index in [1.807, 2.05) is 24.3 Å². The molecule has 2 nitrogen and oxygen atoms in total. The highest BCUT2D eigenvalue weighted by Gasteiger charge is 2.21. The third-order valence-corrected chi connectivity index (χ3v) is 2.44. The first-order valence-corrected chi connectivity index (χ1v) is 4.99. The van der Waals surface area contributed by atoms with Crippen molar-refractivity contribution in [2.45, 2.75) is 19.8 Å². The normalized spacial score (nSPS) is 15.2. The molecule has 0 atom stereocenters. The number of benzene rings is 1. The number of carbonyl (C=O) groups excluding carboxylic acids is 1. The molecule has 1 aliphatic rings. The highest BCUT2D eigenvalue weighted by atomic mass is 16.5. The number of hydrogen-bond donors (Lipinski definition) is 0. The summed E-state index contributed by atoms with van der Waals surface area (Å²) in [6.45, 7) is 2.39. The van der Waals surface area contributed by atoms with Gasteiger partial charge in [-0.1, -0.05) is 0 Å². The van der Waals surface area contributed by atoms with Gasteiger partial charge in [-0.15, -0.1) is 0 Å². The van der Waals surface area contributed by atoms with E-state index in [4.69, 9.17) is 4.74 Å². The smallest absolute Gasteiger partial charge is 0.159 e. The number of Topliss-reactive ketones (excluding diaryl/α,β-unsaturated/α-hetero) is 1. The summed E-state index contributed by atoms with van der Waals surface area (Å²) >= 11 is 0. The van der Waals surface area contributed by atoms with Crippen molar-refractivity contribution in [3.8, 4) is 5.75 Å². The van der Waals surface area contributed by atoms with Crippen LogP contribution in [0.1, 0.15) is 30.1 Å². The maximum atomic E-state index is 11.0. The van der Waals surface area contributed by atoms with E-state index in [1.54, 1.807) is 6.92 Å². The molecule has 2 heteroatoms. The van der Waals surface area contributed by atoms with Crippen molar-refractivity contribution in [2.75, 3.05) is 6.61 Å². The van der Waals surface area contributed by atoms with E-state index < -0.39 is 0 Å². The fourth-order valence-corrected chi connectivity index (χ4v) is 1.28. The Morgan fingerprint density at radius 1 is 1.36 bits per heavy atom. The lowest BCUT2D eigenvalue weighted by Crippen LogP contribution is -1.99. The van der Waals surface area contributed by atoms with Crippen LogP contribution in [0.4, 0.5) is 0 Å². The second-order valence-electron chi connectivity index (χ2n) is 3.83. The zero-order valence-electron chi connectivity index (χ0n) is 8.32. The Hall–Kier alpha value is -1.31. The summed E-state index contributed by atoms with van der Waals surface area (Å²) in [6, 6.07) is 7.34. The molecule has 1 aliphatic carbocycles. The topological polar surface area (TPSA) is 26.3 Å². The van der Waals surface area contributed by atoms with Gasteiger partial charge in [0, 0.05) is 5.56 Å². The van der Waals surface area contributed by atoms with Crippen LogP contribution in [0.5, 0.6) is 5.75 Å². The third-order valence-electron chi connectivity index (χ3n) is 2.44. The van der Waals surface area contributed by atoms with Crippen LogP contribution in [0.15, 0.2) is 24.3 Å². The highest BCUT2D eigenvalue weighted by molar-refractivity contribution is 5.94. The molecule has 14 heavy (non-hydrogen) atoms. The molecule has 74 valence electrons. The first kappa shape index (κ1) is 9.25. The Bertz CT molecular complexity index is 323. The van der Waals surface area contributed by atoms with Gasteiger partial charge < -0.3 is 4.74 Å². The van der Waals surface area contributed by atoms with Gasteiger partial charge >= 0.3 is 0 Å². The molecule has 0 unspecified atom stereocenters. The van der Waals surface area contributed by atoms with Crippen LogP contribution >= 0.6 is 0 Å². The molecule has 2 rings (SSSR count). The molecule has 1 fully saturated rings. The summed E-state index contributed by atoms with van der Waals surface area (Å²) in [6.07, 6.45) is 2.59. The minimum atomic E-state index is 0.0961. The van der Waals surface area contributed by atoms with Crippen LogP contribution in [0.2, 0.25) is 0 Å². The average Bonchev–Trinajstić information content (AvgIpc) is 2.99. The predicted octanol–water partition coefficient (Wildman–Crippen LogP) is 2.68. The summed E-state index contributed by atoms with van der Waals surface area (Å²) in [5, 5.41) is 0. The van der Waals surface area contributed by atoms with Crippen molar-refractivity contribution in [3.05, 3.63) is 29.8 Å². The van der Waals surface area contributed by atoms with E-state index in [0.717, 1.165) is 23.8 Å². The van der Waals surface area contributed by atoms with E-state index in [0.29, 0.717) is 0 Å². The van der Waals surface area contributed by atoms with E-state index in [1.165, 1.54) is 12.8 Å².